The van der Waals surface area contributed by atoms with Gasteiger partial charge < -0.3 is 10.5 Å². The van der Waals surface area contributed by atoms with Crippen molar-refractivity contribution in [3.05, 3.63) is 24.0 Å². The molecule has 3 N–H and O–H groups in total. The van der Waals surface area contributed by atoms with Crippen molar-refractivity contribution in [3.63, 3.8) is 0 Å². The Morgan fingerprint density at radius 2 is 2.06 bits per heavy atom. The summed E-state index contributed by atoms with van der Waals surface area (Å²) in [6.45, 7) is 5.16. The summed E-state index contributed by atoms with van der Waals surface area (Å²) < 4.78 is 18.3. The van der Waals surface area contributed by atoms with Crippen LogP contribution >= 0.6 is 0 Å². The lowest BCUT2D eigenvalue weighted by Gasteiger charge is -2.20. The van der Waals surface area contributed by atoms with Crippen molar-refractivity contribution >= 4 is 17.5 Å². The number of hydrogen-bond donors (Lipinski definition) is 2. The molecule has 0 bridgehead atoms. The van der Waals surface area contributed by atoms with Crippen molar-refractivity contribution in [2.45, 2.75) is 26.4 Å². The van der Waals surface area contributed by atoms with E-state index < -0.39 is 17.5 Å². The molecule has 1 amide bonds. The molecule has 0 unspecified atom stereocenters. The van der Waals surface area contributed by atoms with E-state index >= 15 is 0 Å². The molecule has 1 aromatic rings. The molecule has 1 rings (SSSR count). The first kappa shape index (κ1) is 12.3. The summed E-state index contributed by atoms with van der Waals surface area (Å²) in [4.78, 5) is 11.4. The number of nitrogens with one attached hydrogen (secondary N) is 1. The molecule has 0 saturated heterocycles. The van der Waals surface area contributed by atoms with E-state index in [0.717, 1.165) is 0 Å². The number of hydrogen-bond acceptors (Lipinski definition) is 3. The first-order valence-electron chi connectivity index (χ1n) is 4.83. The predicted molar refractivity (Wildman–Crippen MR) is 60.7 cm³/mol. The normalized spacial score (nSPS) is 11.0. The van der Waals surface area contributed by atoms with Crippen molar-refractivity contribution in [1.29, 1.82) is 0 Å². The van der Waals surface area contributed by atoms with Crippen LogP contribution in [0, 0.1) is 5.82 Å². The average Bonchev–Trinajstić information content (AvgIpc) is 2.08. The van der Waals surface area contributed by atoms with Gasteiger partial charge in [0, 0.05) is 0 Å². The number of anilines is 2. The van der Waals surface area contributed by atoms with E-state index in [2.05, 4.69) is 5.32 Å². The summed E-state index contributed by atoms with van der Waals surface area (Å²) in [5.74, 6) is -0.592. The van der Waals surface area contributed by atoms with Gasteiger partial charge in [0.05, 0.1) is 5.69 Å². The summed E-state index contributed by atoms with van der Waals surface area (Å²) in [5.41, 5.74) is 4.99. The monoisotopic (exact) mass is 226 g/mol. The number of carbonyl (C=O) groups is 1. The molecule has 0 aliphatic rings. The van der Waals surface area contributed by atoms with Crippen molar-refractivity contribution in [2.75, 3.05) is 11.1 Å². The minimum Gasteiger partial charge on any atom is -0.444 e. The van der Waals surface area contributed by atoms with Gasteiger partial charge in [-0.15, -0.1) is 0 Å². The number of amides is 1. The first-order chi connectivity index (χ1) is 7.29. The molecule has 0 heterocycles. The molecule has 0 aromatic heterocycles. The van der Waals surface area contributed by atoms with Gasteiger partial charge >= 0.3 is 6.09 Å². The number of nitrogen functional groups attached to an aromatic ring is 1. The van der Waals surface area contributed by atoms with Crippen molar-refractivity contribution in [3.8, 4) is 0 Å². The molecule has 0 aliphatic heterocycles. The van der Waals surface area contributed by atoms with Gasteiger partial charge in [-0.05, 0) is 32.9 Å². The van der Waals surface area contributed by atoms with Gasteiger partial charge in [-0.25, -0.2) is 9.18 Å². The van der Waals surface area contributed by atoms with Crippen LogP contribution in [-0.2, 0) is 4.74 Å². The minimum absolute atomic E-state index is 0.0586. The third-order valence-electron chi connectivity index (χ3n) is 1.67. The zero-order valence-electron chi connectivity index (χ0n) is 9.50. The fraction of sp³-hybridized carbons (Fsp3) is 0.364. The van der Waals surface area contributed by atoms with Gasteiger partial charge in [0.1, 0.15) is 17.1 Å². The van der Waals surface area contributed by atoms with Gasteiger partial charge in [0.15, 0.2) is 0 Å². The van der Waals surface area contributed by atoms with Crippen LogP contribution in [0.25, 0.3) is 0 Å². The molecular weight excluding hydrogens is 211 g/mol. The molecule has 88 valence electrons. The zero-order valence-corrected chi connectivity index (χ0v) is 9.50. The second kappa shape index (κ2) is 4.38. The van der Waals surface area contributed by atoms with Crippen LogP contribution < -0.4 is 11.1 Å². The van der Waals surface area contributed by atoms with E-state index in [4.69, 9.17) is 10.5 Å². The average molecular weight is 226 g/mol. The number of benzene rings is 1. The van der Waals surface area contributed by atoms with Gasteiger partial charge in [-0.3, -0.25) is 5.32 Å². The molecule has 5 heteroatoms. The SMILES string of the molecule is CC(C)(C)OC(=O)Nc1c(N)cccc1F. The Hall–Kier alpha value is -1.78. The number of ether oxygens (including phenoxy) is 1. The van der Waals surface area contributed by atoms with Crippen LogP contribution in [0.2, 0.25) is 0 Å². The van der Waals surface area contributed by atoms with Gasteiger partial charge in [0.2, 0.25) is 0 Å². The Balaban J connectivity index is 2.78. The zero-order chi connectivity index (χ0) is 12.3. The molecule has 0 atom stereocenters. The van der Waals surface area contributed by atoms with Crippen LogP contribution in [0.3, 0.4) is 0 Å². The Bertz CT molecular complexity index is 379. The lowest BCUT2D eigenvalue weighted by Crippen LogP contribution is -2.27. The predicted octanol–water partition coefficient (Wildman–Crippen LogP) is 2.75. The van der Waals surface area contributed by atoms with Crippen LogP contribution in [0.1, 0.15) is 20.8 Å². The molecule has 1 aromatic carbocycles. The maximum Gasteiger partial charge on any atom is 0.412 e. The standard InChI is InChI=1S/C11H15FN2O2/c1-11(2,3)16-10(15)14-9-7(12)5-4-6-8(9)13/h4-6H,13H2,1-3H3,(H,14,15). The number of carbonyl (C=O) groups excluding carboxylic acids is 1. The lowest BCUT2D eigenvalue weighted by atomic mass is 10.2. The van der Waals surface area contributed by atoms with Crippen LogP contribution in [-0.4, -0.2) is 11.7 Å². The summed E-state index contributed by atoms with van der Waals surface area (Å²) >= 11 is 0. The molecule has 0 radical (unpaired) electrons. The Labute approximate surface area is 93.6 Å². The van der Waals surface area contributed by atoms with Crippen LogP contribution in [0.4, 0.5) is 20.6 Å². The van der Waals surface area contributed by atoms with Crippen LogP contribution in [0.5, 0.6) is 0 Å². The Morgan fingerprint density at radius 3 is 2.56 bits per heavy atom. The van der Waals surface area contributed by atoms with Crippen molar-refractivity contribution in [2.24, 2.45) is 0 Å². The number of halogens is 1. The van der Waals surface area contributed by atoms with E-state index in [0.29, 0.717) is 0 Å². The molecule has 0 aliphatic carbocycles. The van der Waals surface area contributed by atoms with E-state index in [-0.39, 0.29) is 11.4 Å². The summed E-state index contributed by atoms with van der Waals surface area (Å²) in [7, 11) is 0. The molecule has 16 heavy (non-hydrogen) atoms. The molecular formula is C11H15FN2O2. The smallest absolute Gasteiger partial charge is 0.412 e. The maximum absolute atomic E-state index is 13.3. The molecule has 0 spiro atoms. The lowest BCUT2D eigenvalue weighted by molar-refractivity contribution is 0.0635. The van der Waals surface area contributed by atoms with Gasteiger partial charge in [-0.2, -0.15) is 0 Å². The highest BCUT2D eigenvalue weighted by molar-refractivity contribution is 5.89. The Kier molecular flexibility index (Phi) is 3.37. The van der Waals surface area contributed by atoms with Gasteiger partial charge in [-0.1, -0.05) is 6.07 Å². The first-order valence-corrected chi connectivity index (χ1v) is 4.83. The van der Waals surface area contributed by atoms with E-state index in [1.807, 2.05) is 0 Å². The Morgan fingerprint density at radius 1 is 1.44 bits per heavy atom. The van der Waals surface area contributed by atoms with E-state index in [9.17, 15) is 9.18 Å². The van der Waals surface area contributed by atoms with Crippen molar-refractivity contribution < 1.29 is 13.9 Å². The summed E-state index contributed by atoms with van der Waals surface area (Å²) in [6.07, 6.45) is -0.732. The minimum atomic E-state index is -0.732. The largest absolute Gasteiger partial charge is 0.444 e. The fourth-order valence-electron chi connectivity index (χ4n) is 1.08. The highest BCUT2D eigenvalue weighted by Gasteiger charge is 2.18. The second-order valence-electron chi connectivity index (χ2n) is 4.33. The highest BCUT2D eigenvalue weighted by atomic mass is 19.1. The molecule has 0 saturated carbocycles. The number of para-hydroxylation sites is 1. The fourth-order valence-corrected chi connectivity index (χ4v) is 1.08. The second-order valence-corrected chi connectivity index (χ2v) is 4.33. The van der Waals surface area contributed by atoms with Crippen LogP contribution in [0.15, 0.2) is 18.2 Å². The topological polar surface area (TPSA) is 64.3 Å². The van der Waals surface area contributed by atoms with E-state index in [1.54, 1.807) is 20.8 Å². The van der Waals surface area contributed by atoms with E-state index in [1.165, 1.54) is 18.2 Å². The number of rotatable bonds is 1. The van der Waals surface area contributed by atoms with Crippen molar-refractivity contribution in [1.82, 2.24) is 0 Å². The molecule has 4 nitrogen and oxygen atoms in total. The van der Waals surface area contributed by atoms with Gasteiger partial charge in [0.25, 0.3) is 0 Å². The number of nitrogens with two attached hydrogens (primary N) is 1. The third kappa shape index (κ3) is 3.42. The summed E-state index contributed by atoms with van der Waals surface area (Å²) in [6, 6.07) is 4.17. The third-order valence-corrected chi connectivity index (χ3v) is 1.67. The quantitative estimate of drug-likeness (QED) is 0.723. The maximum atomic E-state index is 13.3. The summed E-state index contributed by atoms with van der Waals surface area (Å²) in [5, 5.41) is 2.27. The molecule has 0 fully saturated rings. The highest BCUT2D eigenvalue weighted by Crippen LogP contribution is 2.22.